The minimum Gasteiger partial charge on any atom is -0.496 e. The Labute approximate surface area is 114 Å². The average Bonchev–Trinajstić information content (AvgIpc) is 2.48. The highest BCUT2D eigenvalue weighted by molar-refractivity contribution is 5.81. The Morgan fingerprint density at radius 2 is 2.26 bits per heavy atom. The second-order valence-corrected chi connectivity index (χ2v) is 4.86. The summed E-state index contributed by atoms with van der Waals surface area (Å²) in [6, 6.07) is 7.91. The highest BCUT2D eigenvalue weighted by atomic mass is 16.5. The molecule has 2 rings (SSSR count). The zero-order valence-corrected chi connectivity index (χ0v) is 11.4. The molecule has 104 valence electrons. The Hall–Kier alpha value is -1.55. The van der Waals surface area contributed by atoms with Crippen LogP contribution in [-0.2, 0) is 11.2 Å². The predicted molar refractivity (Wildman–Crippen MR) is 75.3 cm³/mol. The molecule has 1 aromatic carbocycles. The molecule has 1 amide bonds. The van der Waals surface area contributed by atoms with E-state index in [-0.39, 0.29) is 11.9 Å². The van der Waals surface area contributed by atoms with E-state index in [4.69, 9.17) is 4.74 Å². The van der Waals surface area contributed by atoms with Crippen molar-refractivity contribution in [3.8, 4) is 5.75 Å². The van der Waals surface area contributed by atoms with E-state index < -0.39 is 0 Å². The third-order valence-electron chi connectivity index (χ3n) is 3.51. The first kappa shape index (κ1) is 13.9. The van der Waals surface area contributed by atoms with Crippen molar-refractivity contribution in [3.63, 3.8) is 0 Å². The van der Waals surface area contributed by atoms with E-state index in [2.05, 4.69) is 10.6 Å². The summed E-state index contributed by atoms with van der Waals surface area (Å²) in [7, 11) is 1.67. The molecule has 0 radical (unpaired) electrons. The van der Waals surface area contributed by atoms with Gasteiger partial charge in [0.05, 0.1) is 13.2 Å². The van der Waals surface area contributed by atoms with E-state index in [1.165, 1.54) is 6.42 Å². The molecule has 0 aromatic heterocycles. The number of carbonyl (C=O) groups excluding carboxylic acids is 1. The number of amides is 1. The summed E-state index contributed by atoms with van der Waals surface area (Å²) < 4.78 is 5.29. The van der Waals surface area contributed by atoms with Crippen molar-refractivity contribution in [1.29, 1.82) is 0 Å². The number of para-hydroxylation sites is 1. The van der Waals surface area contributed by atoms with Crippen LogP contribution in [0, 0.1) is 0 Å². The van der Waals surface area contributed by atoms with E-state index in [0.29, 0.717) is 6.54 Å². The van der Waals surface area contributed by atoms with Crippen LogP contribution in [0.25, 0.3) is 0 Å². The van der Waals surface area contributed by atoms with Gasteiger partial charge in [-0.1, -0.05) is 24.6 Å². The van der Waals surface area contributed by atoms with Gasteiger partial charge in [-0.05, 0) is 37.4 Å². The van der Waals surface area contributed by atoms with Gasteiger partial charge < -0.3 is 15.4 Å². The van der Waals surface area contributed by atoms with Gasteiger partial charge in [-0.25, -0.2) is 0 Å². The van der Waals surface area contributed by atoms with Gasteiger partial charge in [0.15, 0.2) is 0 Å². The van der Waals surface area contributed by atoms with Crippen LogP contribution in [0.15, 0.2) is 24.3 Å². The van der Waals surface area contributed by atoms with Gasteiger partial charge in [0.2, 0.25) is 5.91 Å². The maximum absolute atomic E-state index is 11.9. The fraction of sp³-hybridized carbons (Fsp3) is 0.533. The first-order chi connectivity index (χ1) is 9.31. The summed E-state index contributed by atoms with van der Waals surface area (Å²) in [6.45, 7) is 1.60. The molecule has 0 spiro atoms. The summed E-state index contributed by atoms with van der Waals surface area (Å²) in [5, 5.41) is 6.25. The van der Waals surface area contributed by atoms with Gasteiger partial charge in [-0.2, -0.15) is 0 Å². The first-order valence-electron chi connectivity index (χ1n) is 6.94. The topological polar surface area (TPSA) is 50.4 Å². The second kappa shape index (κ2) is 7.14. The highest BCUT2D eigenvalue weighted by Crippen LogP contribution is 2.17. The molecule has 0 aliphatic carbocycles. The molecule has 2 N–H and O–H groups in total. The van der Waals surface area contributed by atoms with Crippen molar-refractivity contribution in [3.05, 3.63) is 29.8 Å². The van der Waals surface area contributed by atoms with Gasteiger partial charge >= 0.3 is 0 Å². The van der Waals surface area contributed by atoms with Gasteiger partial charge in [0.25, 0.3) is 0 Å². The minimum absolute atomic E-state index is 0.00795. The Morgan fingerprint density at radius 1 is 1.42 bits per heavy atom. The van der Waals surface area contributed by atoms with E-state index >= 15 is 0 Å². The normalized spacial score (nSPS) is 18.9. The second-order valence-electron chi connectivity index (χ2n) is 4.86. The number of nitrogens with one attached hydrogen (secondary N) is 2. The van der Waals surface area contributed by atoms with Gasteiger partial charge in [-0.3, -0.25) is 4.79 Å². The lowest BCUT2D eigenvalue weighted by Gasteiger charge is -2.22. The smallest absolute Gasteiger partial charge is 0.237 e. The van der Waals surface area contributed by atoms with E-state index in [9.17, 15) is 4.79 Å². The minimum atomic E-state index is -0.00795. The monoisotopic (exact) mass is 262 g/mol. The molecule has 1 atom stereocenters. The van der Waals surface area contributed by atoms with Crippen LogP contribution < -0.4 is 15.4 Å². The molecule has 1 aliphatic rings. The lowest BCUT2D eigenvalue weighted by Crippen LogP contribution is -2.47. The van der Waals surface area contributed by atoms with Crippen molar-refractivity contribution >= 4 is 5.91 Å². The van der Waals surface area contributed by atoms with Crippen molar-refractivity contribution in [2.75, 3.05) is 20.2 Å². The van der Waals surface area contributed by atoms with Gasteiger partial charge in [0, 0.05) is 6.54 Å². The van der Waals surface area contributed by atoms with E-state index in [1.807, 2.05) is 24.3 Å². The number of carbonyl (C=O) groups is 1. The summed E-state index contributed by atoms with van der Waals surface area (Å²) in [5.41, 5.74) is 1.13. The van der Waals surface area contributed by atoms with Crippen LogP contribution in [0.5, 0.6) is 5.75 Å². The number of piperidine rings is 1. The standard InChI is InChI=1S/C15H22N2O2/c1-19-14-8-3-2-6-12(14)9-11-17-15(18)13-7-4-5-10-16-13/h2-3,6,8,13,16H,4-5,7,9-11H2,1H3,(H,17,18). The lowest BCUT2D eigenvalue weighted by molar-refractivity contribution is -0.123. The molecule has 1 heterocycles. The quantitative estimate of drug-likeness (QED) is 0.845. The van der Waals surface area contributed by atoms with Crippen LogP contribution in [0.1, 0.15) is 24.8 Å². The molecule has 1 aliphatic heterocycles. The van der Waals surface area contributed by atoms with Crippen LogP contribution in [0.3, 0.4) is 0 Å². The summed E-state index contributed by atoms with van der Waals surface area (Å²) >= 11 is 0. The van der Waals surface area contributed by atoms with Crippen molar-refractivity contribution in [2.24, 2.45) is 0 Å². The molecule has 4 nitrogen and oxygen atoms in total. The Morgan fingerprint density at radius 3 is 3.00 bits per heavy atom. The number of methoxy groups -OCH3 is 1. The number of hydrogen-bond acceptors (Lipinski definition) is 3. The number of hydrogen-bond donors (Lipinski definition) is 2. The maximum Gasteiger partial charge on any atom is 0.237 e. The lowest BCUT2D eigenvalue weighted by atomic mass is 10.0. The fourth-order valence-electron chi connectivity index (χ4n) is 2.43. The number of benzene rings is 1. The molecule has 4 heteroatoms. The van der Waals surface area contributed by atoms with Crippen LogP contribution in [0.2, 0.25) is 0 Å². The molecule has 1 fully saturated rings. The first-order valence-corrected chi connectivity index (χ1v) is 6.94. The Kier molecular flexibility index (Phi) is 5.21. The van der Waals surface area contributed by atoms with Crippen LogP contribution >= 0.6 is 0 Å². The van der Waals surface area contributed by atoms with E-state index in [1.54, 1.807) is 7.11 Å². The van der Waals surface area contributed by atoms with Crippen LogP contribution in [0.4, 0.5) is 0 Å². The summed E-state index contributed by atoms with van der Waals surface area (Å²) in [5.74, 6) is 1.00. The molecule has 1 saturated heterocycles. The average molecular weight is 262 g/mol. The molecule has 0 bridgehead atoms. The predicted octanol–water partition coefficient (Wildman–Crippen LogP) is 1.50. The molecular formula is C15H22N2O2. The fourth-order valence-corrected chi connectivity index (χ4v) is 2.43. The third kappa shape index (κ3) is 3.96. The summed E-state index contributed by atoms with van der Waals surface area (Å²) in [6.07, 6.45) is 4.05. The van der Waals surface area contributed by atoms with Crippen molar-refractivity contribution < 1.29 is 9.53 Å². The number of rotatable bonds is 5. The molecular weight excluding hydrogens is 240 g/mol. The zero-order valence-electron chi connectivity index (χ0n) is 11.4. The van der Waals surface area contributed by atoms with Crippen molar-refractivity contribution in [2.45, 2.75) is 31.7 Å². The highest BCUT2D eigenvalue weighted by Gasteiger charge is 2.19. The maximum atomic E-state index is 11.9. The molecule has 1 aromatic rings. The van der Waals surface area contributed by atoms with Gasteiger partial charge in [-0.15, -0.1) is 0 Å². The largest absolute Gasteiger partial charge is 0.496 e. The SMILES string of the molecule is COc1ccccc1CCNC(=O)C1CCCCN1. The molecule has 19 heavy (non-hydrogen) atoms. The zero-order chi connectivity index (χ0) is 13.5. The summed E-state index contributed by atoms with van der Waals surface area (Å²) in [4.78, 5) is 11.9. The van der Waals surface area contributed by atoms with E-state index in [0.717, 1.165) is 37.1 Å². The molecule has 0 saturated carbocycles. The van der Waals surface area contributed by atoms with Crippen LogP contribution in [-0.4, -0.2) is 32.1 Å². The Balaban J connectivity index is 1.78. The van der Waals surface area contributed by atoms with Gasteiger partial charge in [0.1, 0.15) is 5.75 Å². The Bertz CT molecular complexity index is 414. The third-order valence-corrected chi connectivity index (χ3v) is 3.51. The number of ether oxygens (including phenoxy) is 1. The molecule has 1 unspecified atom stereocenters. The van der Waals surface area contributed by atoms with Crippen molar-refractivity contribution in [1.82, 2.24) is 10.6 Å².